The van der Waals surface area contributed by atoms with E-state index in [1.807, 2.05) is 0 Å². The molecule has 0 unspecified atom stereocenters. The van der Waals surface area contributed by atoms with Crippen LogP contribution in [0.5, 0.6) is 0 Å². The van der Waals surface area contributed by atoms with E-state index in [0.717, 1.165) is 23.9 Å². The van der Waals surface area contributed by atoms with Gasteiger partial charge in [-0.25, -0.2) is 0 Å². The first kappa shape index (κ1) is 16.9. The van der Waals surface area contributed by atoms with Crippen molar-refractivity contribution in [1.82, 2.24) is 10.3 Å². The van der Waals surface area contributed by atoms with Crippen LogP contribution in [-0.2, 0) is 16.8 Å². The predicted molar refractivity (Wildman–Crippen MR) is 106 cm³/mol. The summed E-state index contributed by atoms with van der Waals surface area (Å²) in [6, 6.07) is 12.9. The molecule has 0 aliphatic heterocycles. The zero-order valence-corrected chi connectivity index (χ0v) is 16.0. The molecule has 0 atom stereocenters. The Hall–Kier alpha value is -2.55. The van der Waals surface area contributed by atoms with Crippen molar-refractivity contribution in [2.75, 3.05) is 0 Å². The Morgan fingerprint density at radius 2 is 1.73 bits per heavy atom. The summed E-state index contributed by atoms with van der Waals surface area (Å²) in [6.45, 7) is 9.00. The van der Waals surface area contributed by atoms with Crippen LogP contribution in [-0.4, -0.2) is 10.9 Å². The fraction of sp³-hybridized carbons (Fsp3) is 0.348. The van der Waals surface area contributed by atoms with Gasteiger partial charge in [-0.1, -0.05) is 35.4 Å². The minimum atomic E-state index is -0.318. The van der Waals surface area contributed by atoms with Crippen LogP contribution in [0, 0.1) is 27.7 Å². The molecule has 3 heteroatoms. The Balaban J connectivity index is 1.52. The average Bonchev–Trinajstić information content (AvgIpc) is 3.36. The van der Waals surface area contributed by atoms with Crippen LogP contribution in [0.25, 0.3) is 10.9 Å². The molecule has 0 radical (unpaired) electrons. The highest BCUT2D eigenvalue weighted by Crippen LogP contribution is 2.48. The molecule has 4 rings (SSSR count). The molecule has 0 saturated heterocycles. The van der Waals surface area contributed by atoms with Gasteiger partial charge in [0.2, 0.25) is 5.91 Å². The van der Waals surface area contributed by atoms with Crippen LogP contribution >= 0.6 is 0 Å². The van der Waals surface area contributed by atoms with Crippen molar-refractivity contribution in [3.8, 4) is 0 Å². The molecular formula is C23H26N2O. The van der Waals surface area contributed by atoms with Crippen molar-refractivity contribution in [3.05, 3.63) is 69.9 Å². The second-order valence-corrected chi connectivity index (χ2v) is 7.90. The Morgan fingerprint density at radius 1 is 1.04 bits per heavy atom. The van der Waals surface area contributed by atoms with Gasteiger partial charge >= 0.3 is 0 Å². The maximum atomic E-state index is 12.9. The lowest BCUT2D eigenvalue weighted by atomic mass is 9.92. The Bertz CT molecular complexity index is 988. The summed E-state index contributed by atoms with van der Waals surface area (Å²) in [4.78, 5) is 16.3. The summed E-state index contributed by atoms with van der Waals surface area (Å²) >= 11 is 0. The fourth-order valence-electron chi connectivity index (χ4n) is 3.99. The summed E-state index contributed by atoms with van der Waals surface area (Å²) in [5.74, 6) is 0.157. The molecule has 1 aromatic heterocycles. The molecule has 3 aromatic rings. The largest absolute Gasteiger partial charge is 0.358 e. The van der Waals surface area contributed by atoms with Crippen molar-refractivity contribution >= 4 is 16.8 Å². The van der Waals surface area contributed by atoms with Crippen LogP contribution < -0.4 is 5.32 Å². The van der Waals surface area contributed by atoms with Crippen LogP contribution in [0.3, 0.4) is 0 Å². The summed E-state index contributed by atoms with van der Waals surface area (Å²) < 4.78 is 0. The van der Waals surface area contributed by atoms with E-state index in [1.54, 1.807) is 0 Å². The minimum absolute atomic E-state index is 0.157. The van der Waals surface area contributed by atoms with Crippen molar-refractivity contribution in [3.63, 3.8) is 0 Å². The Morgan fingerprint density at radius 3 is 2.38 bits per heavy atom. The van der Waals surface area contributed by atoms with Gasteiger partial charge in [-0.15, -0.1) is 0 Å². The van der Waals surface area contributed by atoms with E-state index in [4.69, 9.17) is 0 Å². The number of aryl methyl sites for hydroxylation is 4. The van der Waals surface area contributed by atoms with Gasteiger partial charge in [-0.3, -0.25) is 4.79 Å². The lowest BCUT2D eigenvalue weighted by Gasteiger charge is -2.17. The molecule has 1 aliphatic rings. The van der Waals surface area contributed by atoms with Gasteiger partial charge in [-0.2, -0.15) is 0 Å². The molecule has 1 fully saturated rings. The summed E-state index contributed by atoms with van der Waals surface area (Å²) in [6.07, 6.45) is 1.88. The molecule has 2 aromatic carbocycles. The average molecular weight is 346 g/mol. The number of H-pyrrole nitrogens is 1. The molecule has 3 nitrogen and oxygen atoms in total. The smallest absolute Gasteiger partial charge is 0.230 e. The number of amides is 1. The van der Waals surface area contributed by atoms with Crippen LogP contribution in [0.15, 0.2) is 36.4 Å². The van der Waals surface area contributed by atoms with Crippen molar-refractivity contribution < 1.29 is 4.79 Å². The molecule has 1 saturated carbocycles. The van der Waals surface area contributed by atoms with E-state index in [9.17, 15) is 4.79 Å². The number of hydrogen-bond acceptors (Lipinski definition) is 1. The minimum Gasteiger partial charge on any atom is -0.358 e. The van der Waals surface area contributed by atoms with E-state index in [-0.39, 0.29) is 11.3 Å². The third kappa shape index (κ3) is 2.82. The topological polar surface area (TPSA) is 44.9 Å². The maximum Gasteiger partial charge on any atom is 0.230 e. The van der Waals surface area contributed by atoms with Gasteiger partial charge in [0.25, 0.3) is 0 Å². The zero-order chi connectivity index (χ0) is 18.5. The van der Waals surface area contributed by atoms with E-state index in [2.05, 4.69) is 74.4 Å². The van der Waals surface area contributed by atoms with Gasteiger partial charge in [0.1, 0.15) is 0 Å². The van der Waals surface area contributed by atoms with Crippen LogP contribution in [0.2, 0.25) is 0 Å². The van der Waals surface area contributed by atoms with Gasteiger partial charge in [-0.05, 0) is 69.4 Å². The summed E-state index contributed by atoms with van der Waals surface area (Å²) in [5, 5.41) is 4.42. The highest BCUT2D eigenvalue weighted by atomic mass is 16.2. The highest BCUT2D eigenvalue weighted by Gasteiger charge is 2.51. The number of carbonyl (C=O) groups is 1. The zero-order valence-electron chi connectivity index (χ0n) is 16.0. The molecule has 134 valence electrons. The maximum absolute atomic E-state index is 12.9. The molecule has 2 N–H and O–H groups in total. The monoisotopic (exact) mass is 346 g/mol. The molecule has 1 aliphatic carbocycles. The fourth-order valence-corrected chi connectivity index (χ4v) is 3.99. The highest BCUT2D eigenvalue weighted by molar-refractivity contribution is 5.91. The van der Waals surface area contributed by atoms with Gasteiger partial charge in [0, 0.05) is 23.1 Å². The van der Waals surface area contributed by atoms with E-state index in [1.165, 1.54) is 33.3 Å². The lowest BCUT2D eigenvalue weighted by Crippen LogP contribution is -2.34. The van der Waals surface area contributed by atoms with Crippen LogP contribution in [0.1, 0.15) is 46.4 Å². The van der Waals surface area contributed by atoms with Crippen molar-refractivity contribution in [2.24, 2.45) is 0 Å². The summed E-state index contributed by atoms with van der Waals surface area (Å²) in [7, 11) is 0. The second-order valence-electron chi connectivity index (χ2n) is 7.90. The molecule has 1 amide bonds. The molecule has 0 bridgehead atoms. The number of fused-ring (bicyclic) bond motifs is 1. The number of carbonyl (C=O) groups excluding carboxylic acids is 1. The number of aromatic amines is 1. The first-order chi connectivity index (χ1) is 12.4. The quantitative estimate of drug-likeness (QED) is 0.703. The van der Waals surface area contributed by atoms with Gasteiger partial charge in [0.05, 0.1) is 5.41 Å². The Labute approximate surface area is 154 Å². The van der Waals surface area contributed by atoms with Crippen LogP contribution in [0.4, 0.5) is 0 Å². The number of aromatic nitrogens is 1. The van der Waals surface area contributed by atoms with Crippen molar-refractivity contribution in [1.29, 1.82) is 0 Å². The van der Waals surface area contributed by atoms with E-state index >= 15 is 0 Å². The molecule has 0 spiro atoms. The van der Waals surface area contributed by atoms with Gasteiger partial charge in [0.15, 0.2) is 0 Å². The first-order valence-corrected chi connectivity index (χ1v) is 9.34. The predicted octanol–water partition coefficient (Wildman–Crippen LogP) is 4.75. The molecular weight excluding hydrogens is 320 g/mol. The SMILES string of the molecule is Cc1cc(C)cc(C2(C(=O)NCc3ccc4[nH]c(C)c(C)c4c3)CC2)c1. The number of hydrogen-bond donors (Lipinski definition) is 2. The van der Waals surface area contributed by atoms with E-state index in [0.29, 0.717) is 6.54 Å². The third-order valence-corrected chi connectivity index (χ3v) is 5.78. The number of benzene rings is 2. The summed E-state index contributed by atoms with van der Waals surface area (Å²) in [5.41, 5.74) is 8.08. The number of nitrogens with one attached hydrogen (secondary N) is 2. The van der Waals surface area contributed by atoms with Crippen molar-refractivity contribution in [2.45, 2.75) is 52.5 Å². The van der Waals surface area contributed by atoms with E-state index < -0.39 is 0 Å². The lowest BCUT2D eigenvalue weighted by molar-refractivity contribution is -0.123. The first-order valence-electron chi connectivity index (χ1n) is 9.34. The van der Waals surface area contributed by atoms with Gasteiger partial charge < -0.3 is 10.3 Å². The standard InChI is InChI=1S/C23H26N2O/c1-14-9-15(2)11-19(10-14)23(7-8-23)22(26)24-13-18-5-6-21-20(12-18)16(3)17(4)25-21/h5-6,9-12,25H,7-8,13H2,1-4H3,(H,24,26). The molecule has 1 heterocycles. The number of rotatable bonds is 4. The molecule has 26 heavy (non-hydrogen) atoms. The third-order valence-electron chi connectivity index (χ3n) is 5.78. The Kier molecular flexibility index (Phi) is 3.91. The second kappa shape index (κ2) is 6.01. The normalized spacial score (nSPS) is 15.2.